The van der Waals surface area contributed by atoms with Crippen LogP contribution in [0.4, 0.5) is 0 Å². The summed E-state index contributed by atoms with van der Waals surface area (Å²) in [5.41, 5.74) is -0.538. The van der Waals surface area contributed by atoms with Crippen molar-refractivity contribution in [1.82, 2.24) is 0 Å². The van der Waals surface area contributed by atoms with Gasteiger partial charge in [0, 0.05) is 50.8 Å². The Bertz CT molecular complexity index is 441. The third-order valence-corrected chi connectivity index (χ3v) is 15.2. The molecule has 0 radical (unpaired) electrons. The van der Waals surface area contributed by atoms with Gasteiger partial charge in [-0.3, -0.25) is 0 Å². The van der Waals surface area contributed by atoms with E-state index in [0.29, 0.717) is 0 Å². The van der Waals surface area contributed by atoms with Crippen molar-refractivity contribution >= 4 is 50.5 Å². The number of hydrogen-bond acceptors (Lipinski definition) is 7. The molecule has 0 saturated carbocycles. The molecule has 9 heteroatoms. The molecule has 0 aromatic carbocycles. The highest BCUT2D eigenvalue weighted by Gasteiger charge is 2.32. The lowest BCUT2D eigenvalue weighted by atomic mass is 10.2. The SMILES string of the molecule is CCCCCOC(CCSSSCCC(OCCCCC)(OCCCCC)[SiH2]CC)(OCCCCC)[SiH2]CC. The Morgan fingerprint density at radius 2 is 0.769 bits per heavy atom. The molecule has 0 aromatic heterocycles. The van der Waals surface area contributed by atoms with Crippen LogP contribution in [0.25, 0.3) is 0 Å². The van der Waals surface area contributed by atoms with Crippen molar-refractivity contribution in [1.29, 1.82) is 0 Å². The average Bonchev–Trinajstić information content (AvgIpc) is 2.94. The number of ether oxygens (including phenoxy) is 4. The lowest BCUT2D eigenvalue weighted by Gasteiger charge is -2.34. The van der Waals surface area contributed by atoms with Gasteiger partial charge in [0.1, 0.15) is 10.8 Å². The Balaban J connectivity index is 4.76. The molecule has 0 aliphatic carbocycles. The Morgan fingerprint density at radius 1 is 0.462 bits per heavy atom. The second-order valence-corrected chi connectivity index (χ2v) is 20.4. The highest BCUT2D eigenvalue weighted by Crippen LogP contribution is 2.38. The van der Waals surface area contributed by atoms with Crippen LogP contribution in [0.15, 0.2) is 0 Å². The van der Waals surface area contributed by atoms with Gasteiger partial charge in [-0.1, -0.05) is 127 Å². The predicted molar refractivity (Wildman–Crippen MR) is 187 cm³/mol. The molecule has 0 spiro atoms. The molecule has 0 saturated heterocycles. The third kappa shape index (κ3) is 22.5. The summed E-state index contributed by atoms with van der Waals surface area (Å²) in [5, 5.41) is 0. The van der Waals surface area contributed by atoms with E-state index in [-0.39, 0.29) is 10.8 Å². The quantitative estimate of drug-likeness (QED) is 0.0313. The standard InChI is InChI=1S/C30H66O4S3Si2/c1-7-13-17-23-31-29(38-11-5,32-24-18-14-8-2)21-27-35-37-36-28-22-30(39-12-6,33-25-19-15-9-3)34-26-20-16-10-4/h7-28,38-39H2,1-6H3. The Kier molecular flexibility index (Phi) is 30.4. The molecule has 0 atom stereocenters. The lowest BCUT2D eigenvalue weighted by molar-refractivity contribution is -0.183. The summed E-state index contributed by atoms with van der Waals surface area (Å²) in [5.74, 6) is 2.17. The molecule has 39 heavy (non-hydrogen) atoms. The van der Waals surface area contributed by atoms with Crippen LogP contribution in [0.2, 0.25) is 12.1 Å². The first-order chi connectivity index (χ1) is 19.1. The van der Waals surface area contributed by atoms with E-state index in [0.717, 1.165) is 76.5 Å². The normalized spacial score (nSPS) is 13.1. The average molecular weight is 643 g/mol. The molecule has 0 rings (SSSR count). The smallest absolute Gasteiger partial charge is 0.145 e. The van der Waals surface area contributed by atoms with Crippen LogP contribution in [0.1, 0.15) is 131 Å². The maximum Gasteiger partial charge on any atom is 0.145 e. The van der Waals surface area contributed by atoms with Gasteiger partial charge >= 0.3 is 0 Å². The van der Waals surface area contributed by atoms with Crippen LogP contribution in [-0.4, -0.2) is 67.8 Å². The van der Waals surface area contributed by atoms with Crippen molar-refractivity contribution in [2.45, 2.75) is 154 Å². The van der Waals surface area contributed by atoms with Gasteiger partial charge in [0.15, 0.2) is 0 Å². The maximum absolute atomic E-state index is 6.54. The molecule has 236 valence electrons. The van der Waals surface area contributed by atoms with E-state index in [2.05, 4.69) is 41.5 Å². The van der Waals surface area contributed by atoms with Crippen LogP contribution >= 0.6 is 31.4 Å². The van der Waals surface area contributed by atoms with E-state index in [1.54, 1.807) is 0 Å². The summed E-state index contributed by atoms with van der Waals surface area (Å²) in [4.78, 5) is 0. The highest BCUT2D eigenvalue weighted by molar-refractivity contribution is 9.09. The van der Waals surface area contributed by atoms with Gasteiger partial charge in [0.05, 0.1) is 19.0 Å². The van der Waals surface area contributed by atoms with Crippen LogP contribution in [-0.2, 0) is 18.9 Å². The zero-order valence-electron chi connectivity index (χ0n) is 26.8. The third-order valence-electron chi connectivity index (χ3n) is 6.94. The second kappa shape index (κ2) is 29.4. The zero-order chi connectivity index (χ0) is 28.9. The van der Waals surface area contributed by atoms with Gasteiger partial charge in [-0.15, -0.1) is 0 Å². The van der Waals surface area contributed by atoms with Crippen LogP contribution in [0.5, 0.6) is 0 Å². The van der Waals surface area contributed by atoms with Crippen LogP contribution < -0.4 is 0 Å². The van der Waals surface area contributed by atoms with Crippen LogP contribution in [0, 0.1) is 0 Å². The van der Waals surface area contributed by atoms with Gasteiger partial charge in [-0.05, 0) is 35.5 Å². The minimum absolute atomic E-state index is 0.269. The van der Waals surface area contributed by atoms with E-state index in [1.807, 2.05) is 31.4 Å². The van der Waals surface area contributed by atoms with Crippen molar-refractivity contribution in [2.24, 2.45) is 0 Å². The topological polar surface area (TPSA) is 36.9 Å². The Morgan fingerprint density at radius 3 is 1.03 bits per heavy atom. The minimum Gasteiger partial charge on any atom is -0.354 e. The largest absolute Gasteiger partial charge is 0.354 e. The molecule has 0 heterocycles. The van der Waals surface area contributed by atoms with Crippen molar-refractivity contribution in [3.05, 3.63) is 0 Å². The minimum atomic E-state index is -0.435. The van der Waals surface area contributed by atoms with E-state index in [4.69, 9.17) is 18.9 Å². The molecule has 0 aliphatic rings. The molecule has 0 unspecified atom stereocenters. The van der Waals surface area contributed by atoms with Crippen molar-refractivity contribution in [3.63, 3.8) is 0 Å². The molecule has 0 aliphatic heterocycles. The van der Waals surface area contributed by atoms with Crippen molar-refractivity contribution in [2.75, 3.05) is 37.9 Å². The number of hydrogen-bond donors (Lipinski definition) is 0. The summed E-state index contributed by atoms with van der Waals surface area (Å²) < 4.78 is 26.2. The zero-order valence-corrected chi connectivity index (χ0v) is 32.1. The molecular formula is C30H66O4S3Si2. The van der Waals surface area contributed by atoms with Gasteiger partial charge in [0.25, 0.3) is 0 Å². The molecule has 0 bridgehead atoms. The fourth-order valence-corrected chi connectivity index (χ4v) is 12.6. The molecule has 4 nitrogen and oxygen atoms in total. The first kappa shape index (κ1) is 40.3. The summed E-state index contributed by atoms with van der Waals surface area (Å²) in [6.45, 7) is 17.0. The summed E-state index contributed by atoms with van der Waals surface area (Å²) in [6, 6.07) is 2.46. The van der Waals surface area contributed by atoms with Gasteiger partial charge < -0.3 is 18.9 Å². The fraction of sp³-hybridized carbons (Fsp3) is 1.00. The van der Waals surface area contributed by atoms with Gasteiger partial charge in [-0.2, -0.15) is 0 Å². The summed E-state index contributed by atoms with van der Waals surface area (Å²) in [6.07, 6.45) is 16.6. The van der Waals surface area contributed by atoms with Gasteiger partial charge in [0.2, 0.25) is 0 Å². The lowest BCUT2D eigenvalue weighted by Crippen LogP contribution is -2.43. The molecule has 0 aromatic rings. The van der Waals surface area contributed by atoms with E-state index in [9.17, 15) is 0 Å². The van der Waals surface area contributed by atoms with Gasteiger partial charge in [-0.25, -0.2) is 0 Å². The Hall–Kier alpha value is 1.32. The molecule has 0 amide bonds. The second-order valence-electron chi connectivity index (χ2n) is 10.8. The van der Waals surface area contributed by atoms with E-state index in [1.165, 1.54) is 63.5 Å². The monoisotopic (exact) mass is 642 g/mol. The Labute approximate surface area is 260 Å². The molecular weight excluding hydrogens is 577 g/mol. The van der Waals surface area contributed by atoms with E-state index < -0.39 is 19.0 Å². The predicted octanol–water partition coefficient (Wildman–Crippen LogP) is 9.15. The first-order valence-corrected chi connectivity index (χ1v) is 23.8. The number of unbranched alkanes of at least 4 members (excludes halogenated alkanes) is 8. The highest BCUT2D eigenvalue weighted by atomic mass is 33.5. The number of rotatable bonds is 32. The van der Waals surface area contributed by atoms with Crippen molar-refractivity contribution < 1.29 is 18.9 Å². The fourth-order valence-electron chi connectivity index (χ4n) is 4.61. The summed E-state index contributed by atoms with van der Waals surface area (Å²) in [7, 11) is 5.03. The van der Waals surface area contributed by atoms with Crippen molar-refractivity contribution in [3.8, 4) is 0 Å². The maximum atomic E-state index is 6.54. The molecule has 0 N–H and O–H groups in total. The van der Waals surface area contributed by atoms with E-state index >= 15 is 0 Å². The van der Waals surface area contributed by atoms with Crippen LogP contribution in [0.3, 0.4) is 0 Å². The summed E-state index contributed by atoms with van der Waals surface area (Å²) >= 11 is 0. The first-order valence-electron chi connectivity index (χ1n) is 16.5. The molecule has 0 fully saturated rings.